The molecule has 4 rings (SSSR count). The van der Waals surface area contributed by atoms with Gasteiger partial charge in [-0.15, -0.1) is 15.0 Å². The van der Waals surface area contributed by atoms with Crippen LogP contribution < -0.4 is 4.74 Å². The number of esters is 1. The molecular weight excluding hydrogens is 360 g/mol. The van der Waals surface area contributed by atoms with Crippen LogP contribution in [0, 0.1) is 17.0 Å². The number of para-hydroxylation sites is 1. The van der Waals surface area contributed by atoms with Crippen molar-refractivity contribution in [2.24, 2.45) is 0 Å². The molecule has 0 atom stereocenters. The minimum absolute atomic E-state index is 0.127. The minimum atomic E-state index is -0.825. The zero-order valence-electron chi connectivity index (χ0n) is 14.8. The van der Waals surface area contributed by atoms with Crippen molar-refractivity contribution in [1.82, 2.24) is 15.0 Å². The van der Waals surface area contributed by atoms with Gasteiger partial charge in [0.2, 0.25) is 0 Å². The maximum Gasteiger partial charge on any atom is 0.350 e. The standard InChI is InChI=1S/C20H14N4O4/c1-13-10-11-19(28-20(25)14-6-2-5-9-17(14)24(26)27)18(12-13)23-21-15-7-3-4-8-16(15)22-23/h2-12H,1H3. The Labute approximate surface area is 159 Å². The minimum Gasteiger partial charge on any atom is -0.420 e. The second-order valence-corrected chi connectivity index (χ2v) is 6.11. The van der Waals surface area contributed by atoms with Gasteiger partial charge >= 0.3 is 5.97 Å². The number of nitrogens with zero attached hydrogens (tertiary/aromatic N) is 4. The fourth-order valence-electron chi connectivity index (χ4n) is 2.80. The number of benzene rings is 3. The Balaban J connectivity index is 1.75. The van der Waals surface area contributed by atoms with Crippen molar-refractivity contribution in [2.75, 3.05) is 0 Å². The quantitative estimate of drug-likeness (QED) is 0.233. The van der Waals surface area contributed by atoms with Crippen LogP contribution in [0.15, 0.2) is 66.7 Å². The fraction of sp³-hybridized carbons (Fsp3) is 0.0500. The van der Waals surface area contributed by atoms with Crippen LogP contribution >= 0.6 is 0 Å². The van der Waals surface area contributed by atoms with E-state index in [2.05, 4.69) is 10.2 Å². The number of carbonyl (C=O) groups is 1. The van der Waals surface area contributed by atoms with Crippen LogP contribution in [0.25, 0.3) is 16.7 Å². The first-order chi connectivity index (χ1) is 13.5. The van der Waals surface area contributed by atoms with Crippen molar-refractivity contribution in [2.45, 2.75) is 6.92 Å². The molecule has 0 saturated heterocycles. The molecule has 0 amide bonds. The Morgan fingerprint density at radius 1 is 1.00 bits per heavy atom. The Kier molecular flexibility index (Phi) is 4.29. The van der Waals surface area contributed by atoms with Crippen molar-refractivity contribution in [3.05, 3.63) is 88.0 Å². The maximum atomic E-state index is 12.6. The van der Waals surface area contributed by atoms with E-state index in [9.17, 15) is 14.9 Å². The number of aryl methyl sites for hydroxylation is 1. The van der Waals surface area contributed by atoms with E-state index in [1.165, 1.54) is 23.0 Å². The molecule has 0 aliphatic carbocycles. The number of rotatable bonds is 4. The predicted molar refractivity (Wildman–Crippen MR) is 102 cm³/mol. The zero-order valence-corrected chi connectivity index (χ0v) is 14.8. The molecule has 0 unspecified atom stereocenters. The number of hydrogen-bond donors (Lipinski definition) is 0. The summed E-state index contributed by atoms with van der Waals surface area (Å²) < 4.78 is 5.48. The lowest BCUT2D eigenvalue weighted by Gasteiger charge is -2.10. The van der Waals surface area contributed by atoms with Crippen LogP contribution in [0.5, 0.6) is 5.75 Å². The summed E-state index contributed by atoms with van der Waals surface area (Å²) in [5, 5.41) is 20.0. The topological polar surface area (TPSA) is 100 Å². The summed E-state index contributed by atoms with van der Waals surface area (Å²) >= 11 is 0. The van der Waals surface area contributed by atoms with Gasteiger partial charge in [-0.3, -0.25) is 10.1 Å². The van der Waals surface area contributed by atoms with E-state index in [-0.39, 0.29) is 17.0 Å². The molecule has 28 heavy (non-hydrogen) atoms. The third kappa shape index (κ3) is 3.18. The van der Waals surface area contributed by atoms with Gasteiger partial charge in [0, 0.05) is 6.07 Å². The van der Waals surface area contributed by atoms with Crippen molar-refractivity contribution in [1.29, 1.82) is 0 Å². The van der Waals surface area contributed by atoms with E-state index < -0.39 is 10.9 Å². The van der Waals surface area contributed by atoms with Crippen LogP contribution in [0.3, 0.4) is 0 Å². The second kappa shape index (κ2) is 6.92. The number of nitro benzene ring substituents is 1. The smallest absolute Gasteiger partial charge is 0.350 e. The van der Waals surface area contributed by atoms with Gasteiger partial charge in [-0.1, -0.05) is 30.3 Å². The second-order valence-electron chi connectivity index (χ2n) is 6.11. The molecule has 0 spiro atoms. The number of aromatic nitrogens is 3. The van der Waals surface area contributed by atoms with Crippen LogP contribution in [0.2, 0.25) is 0 Å². The zero-order chi connectivity index (χ0) is 19.7. The van der Waals surface area contributed by atoms with E-state index >= 15 is 0 Å². The summed E-state index contributed by atoms with van der Waals surface area (Å²) in [7, 11) is 0. The lowest BCUT2D eigenvalue weighted by molar-refractivity contribution is -0.385. The van der Waals surface area contributed by atoms with Crippen LogP contribution in [-0.4, -0.2) is 25.9 Å². The highest BCUT2D eigenvalue weighted by molar-refractivity contribution is 5.95. The summed E-state index contributed by atoms with van der Waals surface area (Å²) in [5.74, 6) is -0.622. The molecule has 0 fully saturated rings. The van der Waals surface area contributed by atoms with Crippen molar-refractivity contribution in [3.63, 3.8) is 0 Å². The van der Waals surface area contributed by atoms with E-state index in [1.54, 1.807) is 24.3 Å². The average molecular weight is 374 g/mol. The Hall–Kier alpha value is -4.07. The van der Waals surface area contributed by atoms with E-state index in [4.69, 9.17) is 4.74 Å². The molecule has 0 bridgehead atoms. The van der Waals surface area contributed by atoms with Gasteiger partial charge in [0.15, 0.2) is 5.75 Å². The first kappa shape index (κ1) is 17.3. The largest absolute Gasteiger partial charge is 0.420 e. The lowest BCUT2D eigenvalue weighted by Crippen LogP contribution is -2.13. The fourth-order valence-corrected chi connectivity index (χ4v) is 2.80. The SMILES string of the molecule is Cc1ccc(OC(=O)c2ccccc2[N+](=O)[O-])c(-n2nc3ccccc3n2)c1. The summed E-state index contributed by atoms with van der Waals surface area (Å²) in [6.45, 7) is 1.89. The molecular formula is C20H14N4O4. The van der Waals surface area contributed by atoms with Gasteiger partial charge in [-0.25, -0.2) is 4.79 Å². The molecule has 3 aromatic carbocycles. The lowest BCUT2D eigenvalue weighted by atomic mass is 10.2. The number of hydrogen-bond acceptors (Lipinski definition) is 6. The van der Waals surface area contributed by atoms with Crippen LogP contribution in [-0.2, 0) is 0 Å². The first-order valence-corrected chi connectivity index (χ1v) is 8.41. The highest BCUT2D eigenvalue weighted by atomic mass is 16.6. The number of ether oxygens (including phenoxy) is 1. The molecule has 0 N–H and O–H groups in total. The van der Waals surface area contributed by atoms with Gasteiger partial charge < -0.3 is 4.74 Å². The molecule has 0 saturated carbocycles. The van der Waals surface area contributed by atoms with Gasteiger partial charge in [-0.05, 0) is 42.8 Å². The maximum absolute atomic E-state index is 12.6. The first-order valence-electron chi connectivity index (χ1n) is 8.41. The molecule has 1 heterocycles. The Bertz CT molecular complexity index is 1180. The molecule has 8 heteroatoms. The van der Waals surface area contributed by atoms with Gasteiger partial charge in [0.05, 0.1) is 4.92 Å². The predicted octanol–water partition coefficient (Wildman–Crippen LogP) is 3.86. The summed E-state index contributed by atoms with van der Waals surface area (Å²) in [5.41, 5.74) is 2.33. The van der Waals surface area contributed by atoms with Crippen molar-refractivity contribution < 1.29 is 14.5 Å². The molecule has 4 aromatic rings. The van der Waals surface area contributed by atoms with E-state index in [0.717, 1.165) is 5.56 Å². The number of carbonyl (C=O) groups excluding carboxylic acids is 1. The third-order valence-corrected chi connectivity index (χ3v) is 4.14. The average Bonchev–Trinajstić information content (AvgIpc) is 3.13. The summed E-state index contributed by atoms with van der Waals surface area (Å²) in [6.07, 6.45) is 0. The number of nitro groups is 1. The number of fused-ring (bicyclic) bond motifs is 1. The van der Waals surface area contributed by atoms with Crippen molar-refractivity contribution in [3.8, 4) is 11.4 Å². The monoisotopic (exact) mass is 374 g/mol. The third-order valence-electron chi connectivity index (χ3n) is 4.14. The van der Waals surface area contributed by atoms with Crippen molar-refractivity contribution >= 4 is 22.7 Å². The van der Waals surface area contributed by atoms with E-state index in [0.29, 0.717) is 16.7 Å². The molecule has 1 aromatic heterocycles. The van der Waals surface area contributed by atoms with Gasteiger partial charge in [0.25, 0.3) is 5.69 Å². The highest BCUT2D eigenvalue weighted by Gasteiger charge is 2.22. The molecule has 0 aliphatic heterocycles. The highest BCUT2D eigenvalue weighted by Crippen LogP contribution is 2.27. The summed E-state index contributed by atoms with van der Waals surface area (Å²) in [6, 6.07) is 18.2. The van der Waals surface area contributed by atoms with E-state index in [1.807, 2.05) is 31.2 Å². The van der Waals surface area contributed by atoms with Gasteiger partial charge in [0.1, 0.15) is 22.3 Å². The van der Waals surface area contributed by atoms with Crippen LogP contribution in [0.4, 0.5) is 5.69 Å². The molecule has 138 valence electrons. The molecule has 8 nitrogen and oxygen atoms in total. The van der Waals surface area contributed by atoms with Gasteiger partial charge in [-0.2, -0.15) is 0 Å². The Morgan fingerprint density at radius 3 is 2.32 bits per heavy atom. The molecule has 0 aliphatic rings. The van der Waals surface area contributed by atoms with Crippen LogP contribution in [0.1, 0.15) is 15.9 Å². The molecule has 0 radical (unpaired) electrons. The summed E-state index contributed by atoms with van der Waals surface area (Å²) in [4.78, 5) is 24.6. The normalized spacial score (nSPS) is 10.8. The Morgan fingerprint density at radius 2 is 1.64 bits per heavy atom.